The summed E-state index contributed by atoms with van der Waals surface area (Å²) in [5.41, 5.74) is 14.6. The van der Waals surface area contributed by atoms with Crippen molar-refractivity contribution in [3.8, 4) is 22.3 Å². The summed E-state index contributed by atoms with van der Waals surface area (Å²) in [5, 5.41) is 16.5. The predicted octanol–water partition coefficient (Wildman–Crippen LogP) is 5.15. The van der Waals surface area contributed by atoms with E-state index in [0.717, 1.165) is 14.2 Å². The summed E-state index contributed by atoms with van der Waals surface area (Å²) in [7, 11) is 1.50. The molecular formula is C31H30O2Ti. The van der Waals surface area contributed by atoms with Gasteiger partial charge in [-0.1, -0.05) is 0 Å². The van der Waals surface area contributed by atoms with Crippen molar-refractivity contribution in [2.45, 2.75) is 22.3 Å². The summed E-state index contributed by atoms with van der Waals surface area (Å²) in [6.07, 6.45) is 0. The van der Waals surface area contributed by atoms with Crippen LogP contribution in [0, 0.1) is 13.8 Å². The third kappa shape index (κ3) is 3.76. The van der Waals surface area contributed by atoms with Crippen LogP contribution in [-0.2, 0) is 17.4 Å². The minimum atomic E-state index is -1.92. The van der Waals surface area contributed by atoms with Crippen molar-refractivity contribution in [2.75, 3.05) is 14.2 Å². The normalized spacial score (nSPS) is 15.8. The quantitative estimate of drug-likeness (QED) is 0.371. The molecule has 4 aromatic rings. The molecule has 2 nitrogen and oxygen atoms in total. The number of aryl methyl sites for hydroxylation is 2. The van der Waals surface area contributed by atoms with Crippen molar-refractivity contribution in [3.63, 3.8) is 0 Å². The van der Waals surface area contributed by atoms with Crippen LogP contribution < -0.4 is 10.2 Å². The Labute approximate surface area is 208 Å². The van der Waals surface area contributed by atoms with Gasteiger partial charge >= 0.3 is 185 Å². The zero-order valence-electron chi connectivity index (χ0n) is 20.3. The van der Waals surface area contributed by atoms with Crippen LogP contribution in [0.15, 0.2) is 84.9 Å². The number of hydrogen-bond donors (Lipinski definition) is 0. The fourth-order valence-corrected chi connectivity index (χ4v) is 10.7. The number of rotatable bonds is 2. The number of benzene rings is 4. The van der Waals surface area contributed by atoms with Crippen molar-refractivity contribution < 1.29 is 27.6 Å². The first kappa shape index (κ1) is 24.5. The molecular weight excluding hydrogens is 452 g/mol. The molecule has 2 unspecified atom stereocenters. The van der Waals surface area contributed by atoms with E-state index in [0.29, 0.717) is 8.45 Å². The van der Waals surface area contributed by atoms with E-state index in [9.17, 15) is 0 Å². The first-order valence-corrected chi connectivity index (χ1v) is 14.5. The summed E-state index contributed by atoms with van der Waals surface area (Å²) in [5.74, 6) is 0. The molecule has 0 saturated carbocycles. The van der Waals surface area contributed by atoms with Gasteiger partial charge in [0.25, 0.3) is 0 Å². The van der Waals surface area contributed by atoms with Crippen molar-refractivity contribution in [1.82, 2.24) is 0 Å². The van der Waals surface area contributed by atoms with Crippen LogP contribution in [0.5, 0.6) is 0 Å². The topological polar surface area (TPSA) is 46.1 Å². The van der Waals surface area contributed by atoms with Crippen LogP contribution in [-0.4, -0.2) is 19.0 Å². The van der Waals surface area contributed by atoms with E-state index in [2.05, 4.69) is 98.8 Å². The van der Waals surface area contributed by atoms with Crippen molar-refractivity contribution >= 4 is 4.82 Å². The molecule has 0 radical (unpaired) electrons. The standard InChI is InChI=1S/2C14H11.2CH3O.CH2.Ti/c2*1-10-5-4-8-13-12-7-3-2-6-11(12)9-14(10)13;2*1-2;;/h2*2-9H,1H3;2*1H3;1H2;/q;;2*-1;;+2. The number of hydrogen-bond acceptors (Lipinski definition) is 2. The molecule has 3 heteroatoms. The van der Waals surface area contributed by atoms with Gasteiger partial charge in [-0.05, 0) is 0 Å². The van der Waals surface area contributed by atoms with Gasteiger partial charge < -0.3 is 10.2 Å². The Morgan fingerprint density at radius 3 is 1.29 bits per heavy atom. The van der Waals surface area contributed by atoms with E-state index < -0.39 is 17.4 Å². The van der Waals surface area contributed by atoms with Crippen LogP contribution in [0.2, 0.25) is 0 Å². The Kier molecular flexibility index (Phi) is 7.45. The van der Waals surface area contributed by atoms with Gasteiger partial charge in [-0.15, -0.1) is 0 Å². The van der Waals surface area contributed by atoms with E-state index in [4.69, 9.17) is 15.0 Å². The van der Waals surface area contributed by atoms with E-state index in [1.807, 2.05) is 0 Å². The van der Waals surface area contributed by atoms with Crippen LogP contribution in [0.1, 0.15) is 41.8 Å². The third-order valence-electron chi connectivity index (χ3n) is 7.09. The summed E-state index contributed by atoms with van der Waals surface area (Å²) in [6, 6.07) is 31.7. The van der Waals surface area contributed by atoms with Crippen molar-refractivity contribution in [2.24, 2.45) is 0 Å². The molecule has 0 amide bonds. The summed E-state index contributed by atoms with van der Waals surface area (Å²) < 4.78 is 0.946. The van der Waals surface area contributed by atoms with Gasteiger partial charge in [0.2, 0.25) is 0 Å². The van der Waals surface area contributed by atoms with Crippen LogP contribution in [0.25, 0.3) is 22.3 Å². The summed E-state index contributed by atoms with van der Waals surface area (Å²) >= 11 is -1.92. The molecule has 34 heavy (non-hydrogen) atoms. The van der Waals surface area contributed by atoms with E-state index in [1.54, 1.807) is 11.1 Å². The first-order chi connectivity index (χ1) is 16.7. The molecule has 4 aromatic carbocycles. The Hall–Kier alpha value is -2.62. The second kappa shape index (κ2) is 10.3. The minimum absolute atomic E-state index is 0.473. The van der Waals surface area contributed by atoms with Crippen molar-refractivity contribution in [1.29, 1.82) is 0 Å². The number of fused-ring (bicyclic) bond motifs is 6. The molecule has 0 saturated heterocycles. The van der Waals surface area contributed by atoms with E-state index >= 15 is 0 Å². The van der Waals surface area contributed by atoms with E-state index in [1.165, 1.54) is 44.5 Å². The second-order valence-corrected chi connectivity index (χ2v) is 12.3. The molecule has 0 heterocycles. The van der Waals surface area contributed by atoms with Crippen LogP contribution in [0.4, 0.5) is 0 Å². The van der Waals surface area contributed by atoms with Gasteiger partial charge in [-0.2, -0.15) is 14.2 Å². The van der Waals surface area contributed by atoms with Gasteiger partial charge in [0.05, 0.1) is 0 Å². The Morgan fingerprint density at radius 2 is 0.882 bits per heavy atom. The monoisotopic (exact) mass is 482 g/mol. The molecule has 0 aliphatic heterocycles. The predicted molar refractivity (Wildman–Crippen MR) is 136 cm³/mol. The molecule has 0 fully saturated rings. The summed E-state index contributed by atoms with van der Waals surface area (Å²) in [4.78, 5) is 5.05. The third-order valence-corrected chi connectivity index (χ3v) is 11.3. The average Bonchev–Trinajstić information content (AvgIpc) is 3.41. The van der Waals surface area contributed by atoms with Gasteiger partial charge in [0.15, 0.2) is 0 Å². The fourth-order valence-electron chi connectivity index (χ4n) is 5.83. The maximum atomic E-state index is 8.25. The van der Waals surface area contributed by atoms with E-state index in [-0.39, 0.29) is 0 Å². The molecule has 0 spiro atoms. The summed E-state index contributed by atoms with van der Waals surface area (Å²) in [6.45, 7) is 4.57. The Morgan fingerprint density at radius 1 is 0.529 bits per heavy atom. The van der Waals surface area contributed by atoms with Gasteiger partial charge in [0.1, 0.15) is 0 Å². The van der Waals surface area contributed by atoms with Gasteiger partial charge in [-0.3, -0.25) is 0 Å². The molecule has 2 aliphatic carbocycles. The second-order valence-electron chi connectivity index (χ2n) is 8.69. The van der Waals surface area contributed by atoms with Crippen LogP contribution in [0.3, 0.4) is 0 Å². The fraction of sp³-hybridized carbons (Fsp3) is 0.194. The Balaban J connectivity index is 0.000000652. The molecule has 0 bridgehead atoms. The Bertz CT molecular complexity index is 1250. The average molecular weight is 482 g/mol. The molecule has 2 aliphatic rings. The SMILES string of the molecule is C[O-].C[O-].[CH2]=[Ti+2]([CH]1c2ccccc2-c2cccc(C)c21)[CH]1c2ccccc2-c2cccc(C)c21. The maximum absolute atomic E-state index is 8.25. The van der Waals surface area contributed by atoms with Gasteiger partial charge in [-0.25, -0.2) is 0 Å². The molecule has 2 atom stereocenters. The molecule has 0 aromatic heterocycles. The van der Waals surface area contributed by atoms with Crippen LogP contribution >= 0.6 is 0 Å². The first-order valence-electron chi connectivity index (χ1n) is 11.5. The van der Waals surface area contributed by atoms with Crippen molar-refractivity contribution in [3.05, 3.63) is 118 Å². The van der Waals surface area contributed by atoms with Gasteiger partial charge in [0, 0.05) is 0 Å². The zero-order chi connectivity index (χ0) is 24.4. The molecule has 170 valence electrons. The zero-order valence-corrected chi connectivity index (χ0v) is 21.8. The molecule has 6 rings (SSSR count). The molecule has 0 N–H and O–H groups in total.